The zero-order valence-electron chi connectivity index (χ0n) is 17.1. The van der Waals surface area contributed by atoms with Crippen LogP contribution in [0.2, 0.25) is 0 Å². The van der Waals surface area contributed by atoms with Crippen LogP contribution < -0.4 is 4.74 Å². The number of carbonyl (C=O) groups excluding carboxylic acids is 2. The van der Waals surface area contributed by atoms with Crippen LogP contribution in [0.25, 0.3) is 0 Å². The number of likely N-dealkylation sites (N-methyl/N-ethyl adjacent to an activating group) is 1. The van der Waals surface area contributed by atoms with Crippen molar-refractivity contribution < 1.29 is 24.3 Å². The maximum Gasteiger partial charge on any atom is 0.294 e. The predicted octanol–water partition coefficient (Wildman–Crippen LogP) is 2.77. The van der Waals surface area contributed by atoms with Gasteiger partial charge in [0, 0.05) is 13.1 Å². The van der Waals surface area contributed by atoms with Gasteiger partial charge >= 0.3 is 0 Å². The predicted molar refractivity (Wildman–Crippen MR) is 107 cm³/mol. The van der Waals surface area contributed by atoms with Gasteiger partial charge in [-0.05, 0) is 44.1 Å². The van der Waals surface area contributed by atoms with E-state index in [0.29, 0.717) is 42.9 Å². The molecular formula is C20H29N3O6. The summed E-state index contributed by atoms with van der Waals surface area (Å²) in [6, 6.07) is 5.02. The van der Waals surface area contributed by atoms with Crippen molar-refractivity contribution in [2.75, 3.05) is 39.4 Å². The molecule has 9 nitrogen and oxygen atoms in total. The molecule has 0 radical (unpaired) electrons. The average Bonchev–Trinajstić information content (AvgIpc) is 2.94. The molecular weight excluding hydrogens is 378 g/mol. The van der Waals surface area contributed by atoms with E-state index in [1.54, 1.807) is 18.2 Å². The zero-order chi connectivity index (χ0) is 21.2. The number of benzene rings is 1. The Bertz CT molecular complexity index is 720. The summed E-state index contributed by atoms with van der Waals surface area (Å²) >= 11 is 0. The Hall–Kier alpha value is -2.68. The summed E-state index contributed by atoms with van der Waals surface area (Å²) in [6.07, 6.45) is 2.71. The third kappa shape index (κ3) is 6.42. The fraction of sp³-hybridized carbons (Fsp3) is 0.600. The van der Waals surface area contributed by atoms with Gasteiger partial charge in [-0.1, -0.05) is 26.7 Å². The van der Waals surface area contributed by atoms with Crippen molar-refractivity contribution in [1.29, 1.82) is 0 Å². The second-order valence-corrected chi connectivity index (χ2v) is 6.82. The molecule has 1 aromatic rings. The number of unbranched alkanes of at least 4 members (excludes halogenated alkanes) is 3. The summed E-state index contributed by atoms with van der Waals surface area (Å²) in [4.78, 5) is 43.0. The number of amides is 2. The molecule has 1 aliphatic rings. The third-order valence-electron chi connectivity index (χ3n) is 4.99. The molecule has 0 aromatic heterocycles. The third-order valence-corrected chi connectivity index (χ3v) is 4.99. The molecule has 0 saturated carbocycles. The first-order chi connectivity index (χ1) is 14.0. The molecule has 29 heavy (non-hydrogen) atoms. The standard InChI is InChI=1S/C20H29N3O6/c1-3-21(4-2)12-14-28-16-9-10-17-18(15-16)20(25)22(19(17)24)11-7-5-6-8-13-29-23(26)27/h9-10,15H,3-8,11-14H2,1-2H3. The minimum absolute atomic E-state index is 0.0665. The summed E-state index contributed by atoms with van der Waals surface area (Å²) in [5.74, 6) is 0.0111. The van der Waals surface area contributed by atoms with E-state index < -0.39 is 5.09 Å². The number of nitrogens with zero attached hydrogens (tertiary/aromatic N) is 3. The molecule has 1 aliphatic heterocycles. The van der Waals surface area contributed by atoms with Gasteiger partial charge in [-0.25, -0.2) is 0 Å². The van der Waals surface area contributed by atoms with E-state index in [1.165, 1.54) is 4.90 Å². The lowest BCUT2D eigenvalue weighted by atomic mass is 10.1. The molecule has 9 heteroatoms. The molecule has 2 rings (SSSR count). The number of imide groups is 1. The van der Waals surface area contributed by atoms with Gasteiger partial charge in [-0.3, -0.25) is 14.5 Å². The molecule has 0 bridgehead atoms. The normalized spacial score (nSPS) is 13.1. The Morgan fingerprint density at radius 1 is 1.00 bits per heavy atom. The van der Waals surface area contributed by atoms with Crippen LogP contribution in [0.15, 0.2) is 18.2 Å². The first-order valence-corrected chi connectivity index (χ1v) is 10.1. The molecule has 0 spiro atoms. The molecule has 0 fully saturated rings. The van der Waals surface area contributed by atoms with E-state index in [9.17, 15) is 19.7 Å². The molecule has 160 valence electrons. The molecule has 1 aromatic carbocycles. The Labute approximate surface area is 170 Å². The molecule has 0 saturated heterocycles. The van der Waals surface area contributed by atoms with Crippen LogP contribution in [0, 0.1) is 10.1 Å². The summed E-state index contributed by atoms with van der Waals surface area (Å²) in [7, 11) is 0. The van der Waals surface area contributed by atoms with Gasteiger partial charge in [-0.2, -0.15) is 0 Å². The van der Waals surface area contributed by atoms with E-state index in [2.05, 4.69) is 23.6 Å². The minimum atomic E-state index is -0.805. The van der Waals surface area contributed by atoms with Crippen molar-refractivity contribution in [1.82, 2.24) is 9.80 Å². The van der Waals surface area contributed by atoms with Crippen molar-refractivity contribution in [2.24, 2.45) is 0 Å². The maximum atomic E-state index is 12.6. The van der Waals surface area contributed by atoms with Gasteiger partial charge in [0.15, 0.2) is 0 Å². The van der Waals surface area contributed by atoms with Crippen LogP contribution in [0.3, 0.4) is 0 Å². The van der Waals surface area contributed by atoms with Crippen LogP contribution in [0.1, 0.15) is 60.2 Å². The van der Waals surface area contributed by atoms with E-state index in [1.807, 2.05) is 0 Å². The largest absolute Gasteiger partial charge is 0.492 e. The van der Waals surface area contributed by atoms with Crippen molar-refractivity contribution in [2.45, 2.75) is 39.5 Å². The van der Waals surface area contributed by atoms with E-state index >= 15 is 0 Å². The lowest BCUT2D eigenvalue weighted by Gasteiger charge is -2.18. The van der Waals surface area contributed by atoms with E-state index in [0.717, 1.165) is 32.5 Å². The number of fused-ring (bicyclic) bond motifs is 1. The molecule has 0 unspecified atom stereocenters. The number of rotatable bonds is 14. The lowest BCUT2D eigenvalue weighted by molar-refractivity contribution is -0.757. The first-order valence-electron chi connectivity index (χ1n) is 10.1. The zero-order valence-corrected chi connectivity index (χ0v) is 17.1. The summed E-state index contributed by atoms with van der Waals surface area (Å²) in [5.41, 5.74) is 0.792. The van der Waals surface area contributed by atoms with Gasteiger partial charge in [0.05, 0.1) is 17.7 Å². The molecule has 1 heterocycles. The summed E-state index contributed by atoms with van der Waals surface area (Å²) < 4.78 is 5.75. The van der Waals surface area contributed by atoms with Gasteiger partial charge in [-0.15, -0.1) is 10.1 Å². The van der Waals surface area contributed by atoms with Gasteiger partial charge in [0.1, 0.15) is 12.4 Å². The van der Waals surface area contributed by atoms with E-state index in [-0.39, 0.29) is 18.4 Å². The van der Waals surface area contributed by atoms with Crippen molar-refractivity contribution in [3.8, 4) is 5.75 Å². The van der Waals surface area contributed by atoms with Gasteiger partial charge in [0.25, 0.3) is 16.9 Å². The Morgan fingerprint density at radius 3 is 2.38 bits per heavy atom. The quantitative estimate of drug-likeness (QED) is 0.202. The highest BCUT2D eigenvalue weighted by Gasteiger charge is 2.35. The molecule has 2 amide bonds. The van der Waals surface area contributed by atoms with Crippen molar-refractivity contribution >= 4 is 11.8 Å². The summed E-state index contributed by atoms with van der Waals surface area (Å²) in [6.45, 7) is 7.82. The molecule has 0 atom stereocenters. The fourth-order valence-electron chi connectivity index (χ4n) is 3.26. The number of carbonyl (C=O) groups is 2. The second kappa shape index (κ2) is 11.4. The van der Waals surface area contributed by atoms with Crippen LogP contribution >= 0.6 is 0 Å². The second-order valence-electron chi connectivity index (χ2n) is 6.82. The highest BCUT2D eigenvalue weighted by molar-refractivity contribution is 6.21. The van der Waals surface area contributed by atoms with Crippen molar-refractivity contribution in [3.05, 3.63) is 39.4 Å². The van der Waals surface area contributed by atoms with Crippen LogP contribution in [0.5, 0.6) is 5.75 Å². The Morgan fingerprint density at radius 2 is 1.69 bits per heavy atom. The van der Waals surface area contributed by atoms with Gasteiger partial charge < -0.3 is 14.5 Å². The van der Waals surface area contributed by atoms with Crippen LogP contribution in [-0.4, -0.2) is 66.1 Å². The minimum Gasteiger partial charge on any atom is -0.492 e. The topological polar surface area (TPSA) is 102 Å². The smallest absolute Gasteiger partial charge is 0.294 e. The fourth-order valence-corrected chi connectivity index (χ4v) is 3.26. The number of hydrogen-bond donors (Lipinski definition) is 0. The van der Waals surface area contributed by atoms with E-state index in [4.69, 9.17) is 4.74 Å². The highest BCUT2D eigenvalue weighted by atomic mass is 16.9. The SMILES string of the molecule is CCN(CC)CCOc1ccc2c(c1)C(=O)N(CCCCCCO[N+](=O)[O-])C2=O. The number of hydrogen-bond acceptors (Lipinski definition) is 7. The molecule has 0 aliphatic carbocycles. The summed E-state index contributed by atoms with van der Waals surface area (Å²) in [5, 5.41) is 9.27. The average molecular weight is 407 g/mol. The van der Waals surface area contributed by atoms with Crippen LogP contribution in [-0.2, 0) is 4.84 Å². The van der Waals surface area contributed by atoms with Gasteiger partial charge in [0.2, 0.25) is 0 Å². The molecule has 0 N–H and O–H groups in total. The van der Waals surface area contributed by atoms with Crippen LogP contribution in [0.4, 0.5) is 0 Å². The van der Waals surface area contributed by atoms with Crippen molar-refractivity contribution in [3.63, 3.8) is 0 Å². The highest BCUT2D eigenvalue weighted by Crippen LogP contribution is 2.27. The lowest BCUT2D eigenvalue weighted by Crippen LogP contribution is -2.30. The Balaban J connectivity index is 1.81. The number of ether oxygens (including phenoxy) is 1. The Kier molecular flexibility index (Phi) is 8.85. The first kappa shape index (κ1) is 22.6. The maximum absolute atomic E-state index is 12.6. The monoisotopic (exact) mass is 407 g/mol.